The summed E-state index contributed by atoms with van der Waals surface area (Å²) in [6.07, 6.45) is 4.43. The molecule has 3 unspecified atom stereocenters. The molecule has 0 saturated carbocycles. The highest BCUT2D eigenvalue weighted by Gasteiger charge is 2.43. The van der Waals surface area contributed by atoms with Crippen LogP contribution in [0, 0.1) is 0 Å². The molecule has 2 aliphatic rings. The molecule has 3 nitrogen and oxygen atoms in total. The molecule has 2 heterocycles. The van der Waals surface area contributed by atoms with Crippen LogP contribution in [0.25, 0.3) is 0 Å². The first-order chi connectivity index (χ1) is 10.1. The van der Waals surface area contributed by atoms with Gasteiger partial charge in [-0.15, -0.1) is 0 Å². The van der Waals surface area contributed by atoms with Crippen LogP contribution in [0.3, 0.4) is 0 Å². The van der Waals surface area contributed by atoms with Gasteiger partial charge in [0.15, 0.2) is 0 Å². The second-order valence-corrected chi connectivity index (χ2v) is 7.47. The van der Waals surface area contributed by atoms with Crippen molar-refractivity contribution in [1.29, 1.82) is 0 Å². The number of ether oxygens (including phenoxy) is 1. The third-order valence-corrected chi connectivity index (χ3v) is 5.32. The predicted octanol–water partition coefficient (Wildman–Crippen LogP) is 3.52. The maximum absolute atomic E-state index is 11.0. The van der Waals surface area contributed by atoms with Crippen molar-refractivity contribution >= 4 is 15.9 Å². The third-order valence-electron chi connectivity index (χ3n) is 4.82. The van der Waals surface area contributed by atoms with E-state index in [1.165, 1.54) is 19.3 Å². The number of piperidine rings is 1. The maximum atomic E-state index is 11.0. The van der Waals surface area contributed by atoms with Crippen LogP contribution in [0.1, 0.15) is 44.3 Å². The average molecular weight is 354 g/mol. The number of rotatable bonds is 2. The Hall–Kier alpha value is -0.420. The first kappa shape index (κ1) is 15.5. The monoisotopic (exact) mass is 353 g/mol. The van der Waals surface area contributed by atoms with Gasteiger partial charge in [-0.25, -0.2) is 0 Å². The lowest BCUT2D eigenvalue weighted by Crippen LogP contribution is -2.58. The zero-order valence-corrected chi connectivity index (χ0v) is 14.2. The summed E-state index contributed by atoms with van der Waals surface area (Å²) in [5, 5.41) is 11.0. The standard InChI is InChI=1S/C17H24BrNO2/c1-17(20)11-15(13-6-5-7-14(18)10-13)21-12-16(17)19-8-3-2-4-9-19/h5-7,10,15-16,20H,2-4,8-9,11-12H2,1H3. The molecule has 0 bridgehead atoms. The molecule has 2 aliphatic heterocycles. The first-order valence-corrected chi connectivity index (χ1v) is 8.69. The Labute approximate surface area is 135 Å². The van der Waals surface area contributed by atoms with Crippen molar-refractivity contribution in [3.63, 3.8) is 0 Å². The molecule has 0 amide bonds. The van der Waals surface area contributed by atoms with Gasteiger partial charge in [0.25, 0.3) is 0 Å². The van der Waals surface area contributed by atoms with E-state index in [0.29, 0.717) is 13.0 Å². The van der Waals surface area contributed by atoms with E-state index in [-0.39, 0.29) is 12.1 Å². The Kier molecular flexibility index (Phi) is 4.69. The highest BCUT2D eigenvalue weighted by atomic mass is 79.9. The molecule has 2 fully saturated rings. The van der Waals surface area contributed by atoms with Crippen molar-refractivity contribution < 1.29 is 9.84 Å². The van der Waals surface area contributed by atoms with E-state index in [4.69, 9.17) is 4.74 Å². The molecular weight excluding hydrogens is 330 g/mol. The quantitative estimate of drug-likeness (QED) is 0.882. The van der Waals surface area contributed by atoms with Gasteiger partial charge < -0.3 is 9.84 Å². The molecule has 116 valence electrons. The van der Waals surface area contributed by atoms with Crippen molar-refractivity contribution in [1.82, 2.24) is 4.90 Å². The van der Waals surface area contributed by atoms with Crippen LogP contribution < -0.4 is 0 Å². The Morgan fingerprint density at radius 3 is 2.71 bits per heavy atom. The number of halogens is 1. The van der Waals surface area contributed by atoms with E-state index in [9.17, 15) is 5.11 Å². The number of aliphatic hydroxyl groups is 1. The number of hydrogen-bond acceptors (Lipinski definition) is 3. The van der Waals surface area contributed by atoms with Gasteiger partial charge in [-0.05, 0) is 50.6 Å². The lowest BCUT2D eigenvalue weighted by Gasteiger charge is -2.47. The molecule has 1 aromatic carbocycles. The van der Waals surface area contributed by atoms with Crippen LogP contribution in [0.5, 0.6) is 0 Å². The molecule has 0 spiro atoms. The molecule has 0 aromatic heterocycles. The number of likely N-dealkylation sites (tertiary alicyclic amines) is 1. The zero-order chi connectivity index (χ0) is 14.9. The van der Waals surface area contributed by atoms with Crippen LogP contribution in [0.2, 0.25) is 0 Å². The molecule has 3 atom stereocenters. The molecule has 0 radical (unpaired) electrons. The molecule has 0 aliphatic carbocycles. The van der Waals surface area contributed by atoms with Gasteiger partial charge in [-0.1, -0.05) is 34.5 Å². The van der Waals surface area contributed by atoms with Crippen LogP contribution >= 0.6 is 15.9 Å². The topological polar surface area (TPSA) is 32.7 Å². The second-order valence-electron chi connectivity index (χ2n) is 6.55. The summed E-state index contributed by atoms with van der Waals surface area (Å²) in [7, 11) is 0. The smallest absolute Gasteiger partial charge is 0.0854 e. The van der Waals surface area contributed by atoms with Crippen molar-refractivity contribution in [2.75, 3.05) is 19.7 Å². The second kappa shape index (κ2) is 6.37. The highest BCUT2D eigenvalue weighted by Crippen LogP contribution is 2.37. The summed E-state index contributed by atoms with van der Waals surface area (Å²) in [4.78, 5) is 2.42. The molecule has 4 heteroatoms. The van der Waals surface area contributed by atoms with E-state index < -0.39 is 5.60 Å². The normalized spacial score (nSPS) is 34.8. The van der Waals surface area contributed by atoms with E-state index >= 15 is 0 Å². The third kappa shape index (κ3) is 3.50. The highest BCUT2D eigenvalue weighted by molar-refractivity contribution is 9.10. The van der Waals surface area contributed by atoms with Crippen molar-refractivity contribution in [2.24, 2.45) is 0 Å². The predicted molar refractivity (Wildman–Crippen MR) is 87.3 cm³/mol. The fourth-order valence-electron chi connectivity index (χ4n) is 3.61. The van der Waals surface area contributed by atoms with Gasteiger partial charge in [0.2, 0.25) is 0 Å². The largest absolute Gasteiger partial charge is 0.388 e. The Morgan fingerprint density at radius 2 is 2.05 bits per heavy atom. The summed E-state index contributed by atoms with van der Waals surface area (Å²) in [6.45, 7) is 4.77. The fourth-order valence-corrected chi connectivity index (χ4v) is 4.02. The SMILES string of the molecule is CC1(O)CC(c2cccc(Br)c2)OCC1N1CCCCC1. The van der Waals surface area contributed by atoms with E-state index in [0.717, 1.165) is 23.1 Å². The summed E-state index contributed by atoms with van der Waals surface area (Å²) >= 11 is 3.51. The minimum atomic E-state index is -0.692. The lowest BCUT2D eigenvalue weighted by atomic mass is 9.84. The van der Waals surface area contributed by atoms with Crippen molar-refractivity contribution in [2.45, 2.75) is 50.4 Å². The fraction of sp³-hybridized carbons (Fsp3) is 0.647. The number of hydrogen-bond donors (Lipinski definition) is 1. The minimum absolute atomic E-state index is 0.0152. The summed E-state index contributed by atoms with van der Waals surface area (Å²) < 4.78 is 7.15. The maximum Gasteiger partial charge on any atom is 0.0854 e. The molecule has 3 rings (SSSR count). The van der Waals surface area contributed by atoms with E-state index in [1.807, 2.05) is 19.1 Å². The van der Waals surface area contributed by atoms with Gasteiger partial charge in [-0.2, -0.15) is 0 Å². The van der Waals surface area contributed by atoms with Gasteiger partial charge in [0.05, 0.1) is 24.4 Å². The van der Waals surface area contributed by atoms with Crippen molar-refractivity contribution in [3.8, 4) is 0 Å². The Balaban J connectivity index is 1.72. The van der Waals surface area contributed by atoms with Crippen LogP contribution in [0.15, 0.2) is 28.7 Å². The van der Waals surface area contributed by atoms with Gasteiger partial charge in [-0.3, -0.25) is 4.90 Å². The first-order valence-electron chi connectivity index (χ1n) is 7.90. The van der Waals surface area contributed by atoms with Gasteiger partial charge in [0.1, 0.15) is 0 Å². The Morgan fingerprint density at radius 1 is 1.29 bits per heavy atom. The molecule has 1 aromatic rings. The van der Waals surface area contributed by atoms with Crippen molar-refractivity contribution in [3.05, 3.63) is 34.3 Å². The molecule has 21 heavy (non-hydrogen) atoms. The minimum Gasteiger partial charge on any atom is -0.388 e. The molecular formula is C17H24BrNO2. The number of benzene rings is 1. The van der Waals surface area contributed by atoms with E-state index in [1.54, 1.807) is 0 Å². The summed E-state index contributed by atoms with van der Waals surface area (Å²) in [5.41, 5.74) is 0.449. The Bertz CT molecular complexity index is 485. The molecule has 2 saturated heterocycles. The molecule has 1 N–H and O–H groups in total. The summed E-state index contributed by atoms with van der Waals surface area (Å²) in [5.74, 6) is 0. The van der Waals surface area contributed by atoms with E-state index in [2.05, 4.69) is 33.0 Å². The summed E-state index contributed by atoms with van der Waals surface area (Å²) in [6, 6.07) is 8.32. The van der Waals surface area contributed by atoms with Crippen LogP contribution in [-0.2, 0) is 4.74 Å². The van der Waals surface area contributed by atoms with Crippen LogP contribution in [-0.4, -0.2) is 41.3 Å². The number of nitrogens with zero attached hydrogens (tertiary/aromatic N) is 1. The van der Waals surface area contributed by atoms with Gasteiger partial charge in [0, 0.05) is 10.9 Å². The van der Waals surface area contributed by atoms with Gasteiger partial charge >= 0.3 is 0 Å². The average Bonchev–Trinajstić information content (AvgIpc) is 2.47. The lowest BCUT2D eigenvalue weighted by molar-refractivity contribution is -0.153. The van der Waals surface area contributed by atoms with Crippen LogP contribution in [0.4, 0.5) is 0 Å². The zero-order valence-electron chi connectivity index (χ0n) is 12.6.